The van der Waals surface area contributed by atoms with E-state index in [4.69, 9.17) is 4.42 Å². The minimum absolute atomic E-state index is 0.116. The van der Waals surface area contributed by atoms with Gasteiger partial charge in [0.25, 0.3) is 5.91 Å². The van der Waals surface area contributed by atoms with Gasteiger partial charge in [-0.3, -0.25) is 9.59 Å². The Balaban J connectivity index is 1.87. The van der Waals surface area contributed by atoms with E-state index in [-0.39, 0.29) is 30.2 Å². The Kier molecular flexibility index (Phi) is 4.97. The maximum Gasteiger partial charge on any atom is 0.290 e. The Morgan fingerprint density at radius 1 is 1.10 bits per heavy atom. The molecular weight excluding hydrogens is 366 g/mol. The van der Waals surface area contributed by atoms with Crippen LogP contribution in [0.2, 0.25) is 0 Å². The number of benzene rings is 2. The molecule has 5 heteroatoms. The third kappa shape index (κ3) is 3.44. The van der Waals surface area contributed by atoms with Crippen molar-refractivity contribution >= 4 is 22.5 Å². The fourth-order valence-electron chi connectivity index (χ4n) is 3.96. The van der Waals surface area contributed by atoms with Crippen LogP contribution >= 0.6 is 0 Å². The Bertz CT molecular complexity index is 1090. The first-order valence-electron chi connectivity index (χ1n) is 9.74. The van der Waals surface area contributed by atoms with E-state index in [2.05, 4.69) is 0 Å². The van der Waals surface area contributed by atoms with Gasteiger partial charge >= 0.3 is 0 Å². The lowest BCUT2D eigenvalue weighted by Crippen LogP contribution is -2.30. The van der Waals surface area contributed by atoms with Gasteiger partial charge in [0, 0.05) is 6.42 Å². The number of rotatable bonds is 6. The summed E-state index contributed by atoms with van der Waals surface area (Å²) in [4.78, 5) is 27.6. The smallest absolute Gasteiger partial charge is 0.290 e. The molecule has 0 bridgehead atoms. The topological polar surface area (TPSA) is 70.8 Å². The number of fused-ring (bicyclic) bond motifs is 1. The number of Topliss-reactive ketones (excluding diaryl/α,β-unsaturated/α-hetero) is 1. The summed E-state index contributed by atoms with van der Waals surface area (Å²) in [6.07, 6.45) is 1.81. The molecule has 0 spiro atoms. The fourth-order valence-corrected chi connectivity index (χ4v) is 3.96. The van der Waals surface area contributed by atoms with Crippen LogP contribution in [0.15, 0.2) is 76.6 Å². The van der Waals surface area contributed by atoms with Crippen LogP contribution in [0, 0.1) is 5.92 Å². The highest BCUT2D eigenvalue weighted by Crippen LogP contribution is 2.42. The van der Waals surface area contributed by atoms with Gasteiger partial charge in [-0.05, 0) is 34.4 Å². The van der Waals surface area contributed by atoms with E-state index < -0.39 is 17.7 Å². The van der Waals surface area contributed by atoms with E-state index in [9.17, 15) is 14.7 Å². The number of furan rings is 1. The first-order chi connectivity index (χ1) is 14.0. The van der Waals surface area contributed by atoms with Crippen molar-refractivity contribution in [1.29, 1.82) is 0 Å². The molecule has 2 heterocycles. The molecule has 4 rings (SSSR count). The highest BCUT2D eigenvalue weighted by atomic mass is 16.3. The van der Waals surface area contributed by atoms with Gasteiger partial charge < -0.3 is 14.4 Å². The standard InChI is InChI=1S/C24H23NO4/c1-15(2)13-20(26)21-22(19-11-5-8-16-7-3-4-10-18(16)19)25(24(28)23(21)27)14-17-9-6-12-29-17/h3-12,15,22,27H,13-14H2,1-2H3. The van der Waals surface area contributed by atoms with Crippen LogP contribution in [0.25, 0.3) is 10.8 Å². The maximum atomic E-state index is 13.1. The Morgan fingerprint density at radius 2 is 1.86 bits per heavy atom. The van der Waals surface area contributed by atoms with Crippen molar-refractivity contribution in [3.63, 3.8) is 0 Å². The van der Waals surface area contributed by atoms with Gasteiger partial charge in [-0.2, -0.15) is 0 Å². The SMILES string of the molecule is CC(C)CC(=O)C1=C(O)C(=O)N(Cc2ccco2)C1c1cccc2ccccc12. The molecule has 29 heavy (non-hydrogen) atoms. The van der Waals surface area contributed by atoms with Crippen LogP contribution in [0.4, 0.5) is 0 Å². The minimum Gasteiger partial charge on any atom is -0.503 e. The second kappa shape index (κ2) is 7.59. The molecule has 0 saturated carbocycles. The van der Waals surface area contributed by atoms with Crippen LogP contribution in [0.3, 0.4) is 0 Å². The lowest BCUT2D eigenvalue weighted by molar-refractivity contribution is -0.130. The molecule has 1 atom stereocenters. The molecular formula is C24H23NO4. The van der Waals surface area contributed by atoms with Gasteiger partial charge in [0.05, 0.1) is 24.4 Å². The summed E-state index contributed by atoms with van der Waals surface area (Å²) in [7, 11) is 0. The molecule has 1 unspecified atom stereocenters. The minimum atomic E-state index is -0.662. The molecule has 1 amide bonds. The van der Waals surface area contributed by atoms with Crippen molar-refractivity contribution in [1.82, 2.24) is 4.90 Å². The van der Waals surface area contributed by atoms with Crippen LogP contribution in [-0.4, -0.2) is 21.7 Å². The van der Waals surface area contributed by atoms with Crippen molar-refractivity contribution in [3.05, 3.63) is 83.5 Å². The zero-order valence-electron chi connectivity index (χ0n) is 16.5. The average Bonchev–Trinajstić information content (AvgIpc) is 3.29. The summed E-state index contributed by atoms with van der Waals surface area (Å²) in [5.74, 6) is -0.503. The summed E-state index contributed by atoms with van der Waals surface area (Å²) in [6.45, 7) is 4.06. The molecule has 1 aromatic heterocycles. The second-order valence-corrected chi connectivity index (χ2v) is 7.77. The van der Waals surface area contributed by atoms with Gasteiger partial charge in [-0.1, -0.05) is 56.3 Å². The van der Waals surface area contributed by atoms with E-state index in [0.717, 1.165) is 16.3 Å². The third-order valence-corrected chi connectivity index (χ3v) is 5.22. The molecule has 1 N–H and O–H groups in total. The molecule has 148 valence electrons. The highest BCUT2D eigenvalue weighted by Gasteiger charge is 2.44. The largest absolute Gasteiger partial charge is 0.503 e. The zero-order valence-corrected chi connectivity index (χ0v) is 16.5. The molecule has 3 aromatic rings. The number of carbonyl (C=O) groups excluding carboxylic acids is 2. The average molecular weight is 389 g/mol. The summed E-state index contributed by atoms with van der Waals surface area (Å²) in [5, 5.41) is 12.6. The monoisotopic (exact) mass is 389 g/mol. The highest BCUT2D eigenvalue weighted by molar-refractivity contribution is 6.09. The summed E-state index contributed by atoms with van der Waals surface area (Å²) in [6, 6.07) is 16.5. The summed E-state index contributed by atoms with van der Waals surface area (Å²) >= 11 is 0. The second-order valence-electron chi connectivity index (χ2n) is 7.77. The van der Waals surface area contributed by atoms with E-state index in [1.807, 2.05) is 56.3 Å². The van der Waals surface area contributed by atoms with Crippen molar-refractivity contribution in [2.75, 3.05) is 0 Å². The van der Waals surface area contributed by atoms with Crippen molar-refractivity contribution < 1.29 is 19.1 Å². The van der Waals surface area contributed by atoms with Gasteiger partial charge in [-0.15, -0.1) is 0 Å². The molecule has 0 saturated heterocycles. The van der Waals surface area contributed by atoms with Crippen LogP contribution in [0.1, 0.15) is 37.6 Å². The number of ketones is 1. The molecule has 5 nitrogen and oxygen atoms in total. The predicted molar refractivity (Wildman–Crippen MR) is 110 cm³/mol. The van der Waals surface area contributed by atoms with E-state index in [1.54, 1.807) is 18.4 Å². The van der Waals surface area contributed by atoms with E-state index in [0.29, 0.717) is 5.76 Å². The number of amides is 1. The van der Waals surface area contributed by atoms with Crippen molar-refractivity contribution in [2.45, 2.75) is 32.9 Å². The van der Waals surface area contributed by atoms with Gasteiger partial charge in [-0.25, -0.2) is 0 Å². The third-order valence-electron chi connectivity index (χ3n) is 5.22. The van der Waals surface area contributed by atoms with Crippen molar-refractivity contribution in [2.24, 2.45) is 5.92 Å². The maximum absolute atomic E-state index is 13.1. The predicted octanol–water partition coefficient (Wildman–Crippen LogP) is 4.94. The van der Waals surface area contributed by atoms with Crippen LogP contribution in [-0.2, 0) is 16.1 Å². The van der Waals surface area contributed by atoms with E-state index in [1.165, 1.54) is 4.90 Å². The van der Waals surface area contributed by atoms with Gasteiger partial charge in [0.15, 0.2) is 11.5 Å². The molecule has 0 aliphatic carbocycles. The van der Waals surface area contributed by atoms with Crippen molar-refractivity contribution in [3.8, 4) is 0 Å². The number of carbonyl (C=O) groups is 2. The number of aliphatic hydroxyl groups excluding tert-OH is 1. The number of aliphatic hydroxyl groups is 1. The first kappa shape index (κ1) is 19.0. The molecule has 1 aliphatic heterocycles. The van der Waals surface area contributed by atoms with Gasteiger partial charge in [0.1, 0.15) is 5.76 Å². The lowest BCUT2D eigenvalue weighted by Gasteiger charge is -2.27. The Morgan fingerprint density at radius 3 is 2.59 bits per heavy atom. The van der Waals surface area contributed by atoms with Crippen LogP contribution < -0.4 is 0 Å². The number of nitrogens with zero attached hydrogens (tertiary/aromatic N) is 1. The number of hydrogen-bond acceptors (Lipinski definition) is 4. The summed E-state index contributed by atoms with van der Waals surface area (Å²) < 4.78 is 5.43. The fraction of sp³-hybridized carbons (Fsp3) is 0.250. The number of hydrogen-bond donors (Lipinski definition) is 1. The molecule has 2 aromatic carbocycles. The van der Waals surface area contributed by atoms with Gasteiger partial charge in [0.2, 0.25) is 0 Å². The Hall–Kier alpha value is -3.34. The summed E-state index contributed by atoms with van der Waals surface area (Å²) in [5.41, 5.74) is 0.991. The Labute approximate surface area is 169 Å². The quantitative estimate of drug-likeness (QED) is 0.648. The first-order valence-corrected chi connectivity index (χ1v) is 9.74. The van der Waals surface area contributed by atoms with Crippen LogP contribution in [0.5, 0.6) is 0 Å². The zero-order chi connectivity index (χ0) is 20.5. The molecule has 1 aliphatic rings. The lowest BCUT2D eigenvalue weighted by atomic mass is 9.89. The normalized spacial score (nSPS) is 17.0. The molecule has 0 fully saturated rings. The molecule has 0 radical (unpaired) electrons. The van der Waals surface area contributed by atoms with E-state index >= 15 is 0 Å².